The van der Waals surface area contributed by atoms with E-state index in [9.17, 15) is 9.59 Å². The predicted octanol–water partition coefficient (Wildman–Crippen LogP) is 1.37. The number of hydrogen-bond acceptors (Lipinski definition) is 4. The van der Waals surface area contributed by atoms with E-state index >= 15 is 0 Å². The molecule has 0 N–H and O–H groups in total. The monoisotopic (exact) mass is 246 g/mol. The minimum Gasteiger partial charge on any atom is -0.468 e. The van der Waals surface area contributed by atoms with E-state index < -0.39 is 23.8 Å². The molecule has 1 aromatic carbocycles. The number of benzene rings is 1. The molecule has 4 nitrogen and oxygen atoms in total. The Morgan fingerprint density at radius 1 is 1.11 bits per heavy atom. The summed E-state index contributed by atoms with van der Waals surface area (Å²) in [5.41, 5.74) is 0.695. The molecule has 0 saturated carbocycles. The average molecular weight is 246 g/mol. The standard InChI is InChI=1S/C14H14O4/c1-4-11(10-8-6-5-7-9-10)12(13(15)17-2)14(16)18-3/h1,5-9,11-12H,2-3H3. The molecule has 0 fully saturated rings. The van der Waals surface area contributed by atoms with Crippen molar-refractivity contribution in [3.8, 4) is 12.3 Å². The van der Waals surface area contributed by atoms with Crippen LogP contribution in [0.4, 0.5) is 0 Å². The van der Waals surface area contributed by atoms with Gasteiger partial charge >= 0.3 is 11.9 Å². The summed E-state index contributed by atoms with van der Waals surface area (Å²) in [6.45, 7) is 0. The van der Waals surface area contributed by atoms with Crippen molar-refractivity contribution < 1.29 is 19.1 Å². The van der Waals surface area contributed by atoms with Gasteiger partial charge in [0.05, 0.1) is 20.1 Å². The molecule has 0 amide bonds. The van der Waals surface area contributed by atoms with Crippen LogP contribution >= 0.6 is 0 Å². The Bertz CT molecular complexity index is 442. The van der Waals surface area contributed by atoms with Crippen molar-refractivity contribution in [2.24, 2.45) is 5.92 Å². The molecule has 0 spiro atoms. The van der Waals surface area contributed by atoms with Gasteiger partial charge in [0.2, 0.25) is 0 Å². The zero-order valence-corrected chi connectivity index (χ0v) is 10.3. The van der Waals surface area contributed by atoms with Gasteiger partial charge in [-0.2, -0.15) is 0 Å². The van der Waals surface area contributed by atoms with Crippen molar-refractivity contribution in [2.75, 3.05) is 14.2 Å². The quantitative estimate of drug-likeness (QED) is 0.457. The van der Waals surface area contributed by atoms with Crippen LogP contribution in [0.2, 0.25) is 0 Å². The lowest BCUT2D eigenvalue weighted by Crippen LogP contribution is -2.31. The van der Waals surface area contributed by atoms with Gasteiger partial charge in [0.25, 0.3) is 0 Å². The van der Waals surface area contributed by atoms with E-state index in [1.807, 2.05) is 6.07 Å². The van der Waals surface area contributed by atoms with Crippen molar-refractivity contribution >= 4 is 11.9 Å². The second-order valence-corrected chi connectivity index (χ2v) is 3.58. The summed E-state index contributed by atoms with van der Waals surface area (Å²) in [6, 6.07) is 8.89. The molecule has 1 rings (SSSR count). The minimum atomic E-state index is -1.15. The van der Waals surface area contributed by atoms with Crippen LogP contribution in [0.15, 0.2) is 30.3 Å². The first-order chi connectivity index (χ1) is 8.65. The summed E-state index contributed by atoms with van der Waals surface area (Å²) in [6.07, 6.45) is 5.43. The largest absolute Gasteiger partial charge is 0.468 e. The summed E-state index contributed by atoms with van der Waals surface area (Å²) in [5, 5.41) is 0. The number of esters is 2. The highest BCUT2D eigenvalue weighted by Gasteiger charge is 2.36. The molecule has 4 heteroatoms. The van der Waals surface area contributed by atoms with E-state index in [1.54, 1.807) is 24.3 Å². The Labute approximate surface area is 106 Å². The minimum absolute atomic E-state index is 0.695. The van der Waals surface area contributed by atoms with Crippen molar-refractivity contribution in [3.05, 3.63) is 35.9 Å². The zero-order valence-electron chi connectivity index (χ0n) is 10.3. The molecule has 0 saturated heterocycles. The fourth-order valence-corrected chi connectivity index (χ4v) is 1.67. The summed E-state index contributed by atoms with van der Waals surface area (Å²) >= 11 is 0. The van der Waals surface area contributed by atoms with Gasteiger partial charge in [-0.15, -0.1) is 6.42 Å². The van der Waals surface area contributed by atoms with Crippen LogP contribution in [-0.4, -0.2) is 26.2 Å². The summed E-state index contributed by atoms with van der Waals surface area (Å²) < 4.78 is 9.21. The number of hydrogen-bond donors (Lipinski definition) is 0. The van der Waals surface area contributed by atoms with Gasteiger partial charge < -0.3 is 9.47 Å². The van der Waals surface area contributed by atoms with Crippen molar-refractivity contribution in [1.82, 2.24) is 0 Å². The molecule has 0 aromatic heterocycles. The highest BCUT2D eigenvalue weighted by molar-refractivity contribution is 5.96. The van der Waals surface area contributed by atoms with Crippen LogP contribution in [0.1, 0.15) is 11.5 Å². The summed E-state index contributed by atoms with van der Waals surface area (Å²) in [7, 11) is 2.41. The molecule has 0 aliphatic rings. The Balaban J connectivity index is 3.14. The summed E-state index contributed by atoms with van der Waals surface area (Å²) in [4.78, 5) is 23.3. The maximum atomic E-state index is 11.7. The molecule has 0 aliphatic heterocycles. The number of methoxy groups -OCH3 is 2. The van der Waals surface area contributed by atoms with Crippen LogP contribution in [0.25, 0.3) is 0 Å². The van der Waals surface area contributed by atoms with Crippen LogP contribution in [0.3, 0.4) is 0 Å². The molecule has 1 unspecified atom stereocenters. The molecule has 0 aliphatic carbocycles. The SMILES string of the molecule is C#CC(c1ccccc1)C(C(=O)OC)C(=O)OC. The smallest absolute Gasteiger partial charge is 0.321 e. The Hall–Kier alpha value is -2.28. The lowest BCUT2D eigenvalue weighted by atomic mass is 9.86. The second kappa shape index (κ2) is 6.45. The average Bonchev–Trinajstić information content (AvgIpc) is 2.44. The lowest BCUT2D eigenvalue weighted by Gasteiger charge is -2.19. The van der Waals surface area contributed by atoms with Crippen LogP contribution in [0.5, 0.6) is 0 Å². The van der Waals surface area contributed by atoms with Crippen LogP contribution in [-0.2, 0) is 19.1 Å². The lowest BCUT2D eigenvalue weighted by molar-refractivity contribution is -0.159. The van der Waals surface area contributed by atoms with Crippen molar-refractivity contribution in [1.29, 1.82) is 0 Å². The maximum absolute atomic E-state index is 11.7. The highest BCUT2D eigenvalue weighted by atomic mass is 16.5. The predicted molar refractivity (Wildman–Crippen MR) is 65.5 cm³/mol. The molecular formula is C14H14O4. The Morgan fingerprint density at radius 2 is 1.61 bits per heavy atom. The van der Waals surface area contributed by atoms with E-state index in [4.69, 9.17) is 6.42 Å². The highest BCUT2D eigenvalue weighted by Crippen LogP contribution is 2.26. The van der Waals surface area contributed by atoms with Crippen molar-refractivity contribution in [2.45, 2.75) is 5.92 Å². The first-order valence-corrected chi connectivity index (χ1v) is 5.32. The fraction of sp³-hybridized carbons (Fsp3) is 0.286. The third-order valence-corrected chi connectivity index (χ3v) is 2.58. The normalized spacial score (nSPS) is 11.4. The third-order valence-electron chi connectivity index (χ3n) is 2.58. The third kappa shape index (κ3) is 2.89. The Kier molecular flexibility index (Phi) is 4.94. The first kappa shape index (κ1) is 13.8. The molecule has 1 aromatic rings. The van der Waals surface area contributed by atoms with Gasteiger partial charge in [-0.25, -0.2) is 0 Å². The van der Waals surface area contributed by atoms with E-state index in [-0.39, 0.29) is 0 Å². The van der Waals surface area contributed by atoms with Crippen LogP contribution in [0, 0.1) is 18.3 Å². The molecule has 0 bridgehead atoms. The van der Waals surface area contributed by atoms with Gasteiger partial charge in [0, 0.05) is 0 Å². The number of ether oxygens (including phenoxy) is 2. The van der Waals surface area contributed by atoms with E-state index in [0.29, 0.717) is 5.56 Å². The topological polar surface area (TPSA) is 52.6 Å². The number of terminal acetylenes is 1. The molecule has 0 heterocycles. The van der Waals surface area contributed by atoms with E-state index in [0.717, 1.165) is 0 Å². The Morgan fingerprint density at radius 3 is 2.00 bits per heavy atom. The zero-order chi connectivity index (χ0) is 13.5. The van der Waals surface area contributed by atoms with Crippen LogP contribution < -0.4 is 0 Å². The molecule has 0 radical (unpaired) electrons. The van der Waals surface area contributed by atoms with Crippen molar-refractivity contribution in [3.63, 3.8) is 0 Å². The van der Waals surface area contributed by atoms with Gasteiger partial charge in [-0.1, -0.05) is 36.3 Å². The van der Waals surface area contributed by atoms with E-state index in [2.05, 4.69) is 15.4 Å². The molecule has 1 atom stereocenters. The molecular weight excluding hydrogens is 232 g/mol. The van der Waals surface area contributed by atoms with Gasteiger partial charge in [0.1, 0.15) is 0 Å². The van der Waals surface area contributed by atoms with Gasteiger partial charge in [0.15, 0.2) is 5.92 Å². The maximum Gasteiger partial charge on any atom is 0.321 e. The fourth-order valence-electron chi connectivity index (χ4n) is 1.67. The number of carbonyl (C=O) groups excluding carboxylic acids is 2. The molecule has 94 valence electrons. The van der Waals surface area contributed by atoms with E-state index in [1.165, 1.54) is 14.2 Å². The van der Waals surface area contributed by atoms with Gasteiger partial charge in [-0.3, -0.25) is 9.59 Å². The number of rotatable bonds is 4. The molecule has 18 heavy (non-hydrogen) atoms. The number of carbonyl (C=O) groups is 2. The van der Waals surface area contributed by atoms with Gasteiger partial charge in [-0.05, 0) is 5.56 Å². The second-order valence-electron chi connectivity index (χ2n) is 3.58. The first-order valence-electron chi connectivity index (χ1n) is 5.32. The summed E-state index contributed by atoms with van der Waals surface area (Å²) in [5.74, 6) is -0.802.